The van der Waals surface area contributed by atoms with E-state index in [0.29, 0.717) is 5.69 Å². The molecule has 4 atom stereocenters. The van der Waals surface area contributed by atoms with Crippen molar-refractivity contribution in [3.05, 3.63) is 90.0 Å². The number of rotatable bonds is 3. The number of benzene rings is 2. The Kier molecular flexibility index (Phi) is 3.56. The molecular weight excluding hydrogens is 376 g/mol. The number of hydroxylamine groups is 2. The van der Waals surface area contributed by atoms with Crippen LogP contribution in [0.2, 0.25) is 0 Å². The molecule has 5 nitrogen and oxygen atoms in total. The molecule has 1 spiro atoms. The summed E-state index contributed by atoms with van der Waals surface area (Å²) in [6, 6.07) is 19.2. The smallest absolute Gasteiger partial charge is 0.240 e. The fraction of sp³-hybridized carbons (Fsp3) is 0.280. The van der Waals surface area contributed by atoms with Gasteiger partial charge in [0.15, 0.2) is 0 Å². The molecule has 2 fully saturated rings. The highest BCUT2D eigenvalue weighted by molar-refractivity contribution is 6.24. The zero-order valence-electron chi connectivity index (χ0n) is 16.7. The van der Waals surface area contributed by atoms with Gasteiger partial charge >= 0.3 is 0 Å². The second-order valence-electron chi connectivity index (χ2n) is 8.44. The summed E-state index contributed by atoms with van der Waals surface area (Å²) in [7, 11) is 1.65. The van der Waals surface area contributed by atoms with Gasteiger partial charge in [0.1, 0.15) is 5.54 Å². The lowest BCUT2D eigenvalue weighted by atomic mass is 9.64. The predicted molar refractivity (Wildman–Crippen MR) is 112 cm³/mol. The maximum Gasteiger partial charge on any atom is 0.240 e. The van der Waals surface area contributed by atoms with Gasteiger partial charge in [-0.2, -0.15) is 5.06 Å². The number of carbonyl (C=O) groups excluding carboxylic acids is 2. The largest absolute Gasteiger partial charge is 0.300 e. The molecule has 5 heteroatoms. The van der Waals surface area contributed by atoms with Crippen LogP contribution in [0.1, 0.15) is 18.4 Å². The molecule has 150 valence electrons. The van der Waals surface area contributed by atoms with E-state index in [0.717, 1.165) is 24.0 Å². The Morgan fingerprint density at radius 3 is 2.30 bits per heavy atom. The summed E-state index contributed by atoms with van der Waals surface area (Å²) in [6.07, 6.45) is 8.02. The summed E-state index contributed by atoms with van der Waals surface area (Å²) in [5.41, 5.74) is 1.26. The monoisotopic (exact) mass is 398 g/mol. The quantitative estimate of drug-likeness (QED) is 0.742. The number of allylic oxidation sites excluding steroid dienone is 1. The fourth-order valence-corrected chi connectivity index (χ4v) is 6.32. The highest BCUT2D eigenvalue weighted by Crippen LogP contribution is 2.68. The van der Waals surface area contributed by atoms with Crippen molar-refractivity contribution in [3.63, 3.8) is 0 Å². The second kappa shape index (κ2) is 6.00. The van der Waals surface area contributed by atoms with Crippen LogP contribution in [0, 0.1) is 11.8 Å². The van der Waals surface area contributed by atoms with Crippen molar-refractivity contribution in [1.82, 2.24) is 5.06 Å². The molecule has 4 unspecified atom stereocenters. The molecule has 1 aliphatic carbocycles. The number of anilines is 1. The Balaban J connectivity index is 1.62. The Hall–Kier alpha value is -3.02. The maximum absolute atomic E-state index is 13.9. The highest BCUT2D eigenvalue weighted by Gasteiger charge is 2.79. The van der Waals surface area contributed by atoms with Crippen molar-refractivity contribution in [3.8, 4) is 0 Å². The van der Waals surface area contributed by atoms with Gasteiger partial charge in [-0.3, -0.25) is 9.59 Å². The van der Waals surface area contributed by atoms with E-state index in [4.69, 9.17) is 4.84 Å². The standard InChI is InChI=1S/C25H22N2O3/c1-30-27-24-15-9-8-12-18(24)16-25(27,17-10-4-2-5-11-17)21-20(24)22(28)26(23(21)29)19-13-6-3-7-14-19/h2-8,10-14,16,20-21H,9,15H2,1H3. The van der Waals surface area contributed by atoms with E-state index in [9.17, 15) is 9.59 Å². The van der Waals surface area contributed by atoms with Crippen LogP contribution < -0.4 is 4.90 Å². The average molecular weight is 398 g/mol. The zero-order chi connectivity index (χ0) is 20.5. The Morgan fingerprint density at radius 1 is 0.933 bits per heavy atom. The number of imide groups is 1. The van der Waals surface area contributed by atoms with Gasteiger partial charge in [0.2, 0.25) is 11.8 Å². The Morgan fingerprint density at radius 2 is 1.60 bits per heavy atom. The van der Waals surface area contributed by atoms with Crippen molar-refractivity contribution in [2.45, 2.75) is 23.9 Å². The number of para-hydroxylation sites is 1. The summed E-state index contributed by atoms with van der Waals surface area (Å²) in [5, 5.41) is 1.96. The number of hydrogen-bond donors (Lipinski definition) is 0. The minimum absolute atomic E-state index is 0.128. The molecule has 6 rings (SSSR count). The second-order valence-corrected chi connectivity index (χ2v) is 8.44. The predicted octanol–water partition coefficient (Wildman–Crippen LogP) is 3.59. The molecule has 4 aliphatic rings. The molecule has 30 heavy (non-hydrogen) atoms. The van der Waals surface area contributed by atoms with Gasteiger partial charge in [-0.1, -0.05) is 66.8 Å². The minimum atomic E-state index is -0.805. The van der Waals surface area contributed by atoms with E-state index >= 15 is 0 Å². The van der Waals surface area contributed by atoms with Crippen molar-refractivity contribution in [2.75, 3.05) is 12.0 Å². The lowest BCUT2D eigenvalue weighted by Crippen LogP contribution is -2.53. The van der Waals surface area contributed by atoms with Crippen LogP contribution in [-0.4, -0.2) is 29.5 Å². The average Bonchev–Trinajstić information content (AvgIpc) is 3.34. The summed E-state index contributed by atoms with van der Waals surface area (Å²) >= 11 is 0. The summed E-state index contributed by atoms with van der Waals surface area (Å²) < 4.78 is 0. The topological polar surface area (TPSA) is 49.9 Å². The van der Waals surface area contributed by atoms with E-state index < -0.39 is 22.9 Å². The van der Waals surface area contributed by atoms with Crippen molar-refractivity contribution < 1.29 is 14.4 Å². The number of amides is 2. The van der Waals surface area contributed by atoms with E-state index in [1.807, 2.05) is 65.7 Å². The maximum atomic E-state index is 13.9. The van der Waals surface area contributed by atoms with Gasteiger partial charge in [-0.25, -0.2) is 4.90 Å². The normalized spacial score (nSPS) is 34.3. The zero-order valence-corrected chi connectivity index (χ0v) is 16.7. The van der Waals surface area contributed by atoms with Crippen molar-refractivity contribution in [1.29, 1.82) is 0 Å². The third-order valence-corrected chi connectivity index (χ3v) is 7.29. The van der Waals surface area contributed by atoms with Crippen LogP contribution in [0.3, 0.4) is 0 Å². The van der Waals surface area contributed by atoms with Gasteiger partial charge in [0, 0.05) is 0 Å². The molecule has 0 aromatic heterocycles. The Labute approximate surface area is 175 Å². The molecule has 2 aromatic carbocycles. The van der Waals surface area contributed by atoms with Gasteiger partial charge < -0.3 is 4.84 Å². The molecule has 0 N–H and O–H groups in total. The van der Waals surface area contributed by atoms with E-state index in [2.05, 4.69) is 18.2 Å². The third-order valence-electron chi connectivity index (χ3n) is 7.29. The lowest BCUT2D eigenvalue weighted by molar-refractivity contribution is -0.217. The van der Waals surface area contributed by atoms with Crippen LogP contribution in [-0.2, 0) is 20.0 Å². The van der Waals surface area contributed by atoms with Crippen LogP contribution in [0.25, 0.3) is 0 Å². The van der Waals surface area contributed by atoms with E-state index in [1.165, 1.54) is 4.90 Å². The summed E-state index contributed by atoms with van der Waals surface area (Å²) in [6.45, 7) is 0. The highest BCUT2D eigenvalue weighted by atomic mass is 16.7. The fourth-order valence-electron chi connectivity index (χ4n) is 6.32. The first-order valence-corrected chi connectivity index (χ1v) is 10.4. The van der Waals surface area contributed by atoms with E-state index in [1.54, 1.807) is 7.11 Å². The molecule has 3 aliphatic heterocycles. The Bertz CT molecular complexity index is 1110. The van der Waals surface area contributed by atoms with Gasteiger partial charge in [-0.15, -0.1) is 0 Å². The number of hydrogen-bond acceptors (Lipinski definition) is 4. The van der Waals surface area contributed by atoms with Crippen molar-refractivity contribution >= 4 is 17.5 Å². The SMILES string of the molecule is CON1C23CCC=CC2=CC1(c1ccccc1)C1C(=O)N(c2ccccc2)C(=O)C13. The number of fused-ring (bicyclic) bond motifs is 3. The summed E-state index contributed by atoms with van der Waals surface area (Å²) in [4.78, 5) is 35.1. The van der Waals surface area contributed by atoms with Crippen molar-refractivity contribution in [2.24, 2.45) is 11.8 Å². The molecule has 2 saturated heterocycles. The molecule has 3 heterocycles. The molecule has 0 radical (unpaired) electrons. The first-order chi connectivity index (χ1) is 14.7. The third kappa shape index (κ3) is 1.86. The lowest BCUT2D eigenvalue weighted by Gasteiger charge is -2.42. The number of nitrogens with zero attached hydrogens (tertiary/aromatic N) is 2. The molecular formula is C25H22N2O3. The molecule has 2 amide bonds. The van der Waals surface area contributed by atoms with E-state index in [-0.39, 0.29) is 11.8 Å². The number of carbonyl (C=O) groups is 2. The first kappa shape index (κ1) is 17.8. The minimum Gasteiger partial charge on any atom is -0.300 e. The van der Waals surface area contributed by atoms with Gasteiger partial charge in [0.25, 0.3) is 0 Å². The first-order valence-electron chi connectivity index (χ1n) is 10.4. The van der Waals surface area contributed by atoms with Crippen LogP contribution in [0.5, 0.6) is 0 Å². The summed E-state index contributed by atoms with van der Waals surface area (Å²) in [5.74, 6) is -1.28. The molecule has 2 aromatic rings. The van der Waals surface area contributed by atoms with Crippen LogP contribution in [0.4, 0.5) is 5.69 Å². The van der Waals surface area contributed by atoms with Crippen LogP contribution in [0.15, 0.2) is 84.5 Å². The van der Waals surface area contributed by atoms with Gasteiger partial charge in [0.05, 0.1) is 30.2 Å². The van der Waals surface area contributed by atoms with Gasteiger partial charge in [-0.05, 0) is 36.1 Å². The molecule has 2 bridgehead atoms. The van der Waals surface area contributed by atoms with Crippen LogP contribution >= 0.6 is 0 Å². The molecule has 0 saturated carbocycles.